The maximum atomic E-state index is 11.7. The van der Waals surface area contributed by atoms with Crippen molar-refractivity contribution in [2.75, 3.05) is 11.5 Å². The Balaban J connectivity index is 2.25. The molecule has 1 unspecified atom stereocenters. The molecular formula is C12H17NO2S. The van der Waals surface area contributed by atoms with Crippen LogP contribution in [-0.4, -0.2) is 19.4 Å². The molecule has 1 aliphatic heterocycles. The summed E-state index contributed by atoms with van der Waals surface area (Å²) in [4.78, 5) is 0. The van der Waals surface area contributed by atoms with Crippen molar-refractivity contribution in [3.63, 3.8) is 0 Å². The molecule has 1 aliphatic rings. The third-order valence-corrected chi connectivity index (χ3v) is 5.60. The zero-order valence-corrected chi connectivity index (χ0v) is 10.3. The molecule has 0 aromatic heterocycles. The SMILES string of the molecule is Cc1cccc(CC2CCCS2(=O)=O)c1N. The van der Waals surface area contributed by atoms with Crippen molar-refractivity contribution in [1.82, 2.24) is 0 Å². The Morgan fingerprint density at radius 2 is 2.19 bits per heavy atom. The molecule has 0 aliphatic carbocycles. The van der Waals surface area contributed by atoms with Crippen molar-refractivity contribution in [2.24, 2.45) is 0 Å². The van der Waals surface area contributed by atoms with E-state index >= 15 is 0 Å². The van der Waals surface area contributed by atoms with Gasteiger partial charge in [0.15, 0.2) is 9.84 Å². The average Bonchev–Trinajstić information content (AvgIpc) is 2.54. The van der Waals surface area contributed by atoms with Crippen LogP contribution in [-0.2, 0) is 16.3 Å². The van der Waals surface area contributed by atoms with Gasteiger partial charge in [0, 0.05) is 5.69 Å². The molecule has 0 radical (unpaired) electrons. The van der Waals surface area contributed by atoms with Crippen LogP contribution in [0.5, 0.6) is 0 Å². The Kier molecular flexibility index (Phi) is 2.93. The van der Waals surface area contributed by atoms with Gasteiger partial charge in [-0.25, -0.2) is 8.42 Å². The number of anilines is 1. The van der Waals surface area contributed by atoms with Gasteiger partial charge in [0.05, 0.1) is 11.0 Å². The summed E-state index contributed by atoms with van der Waals surface area (Å²) in [6.07, 6.45) is 2.13. The molecule has 1 saturated heterocycles. The third kappa shape index (κ3) is 2.07. The van der Waals surface area contributed by atoms with Crippen LogP contribution >= 0.6 is 0 Å². The molecule has 0 bridgehead atoms. The number of nitrogens with two attached hydrogens (primary N) is 1. The summed E-state index contributed by atoms with van der Waals surface area (Å²) in [6.45, 7) is 1.95. The maximum Gasteiger partial charge on any atom is 0.153 e. The molecule has 2 N–H and O–H groups in total. The highest BCUT2D eigenvalue weighted by atomic mass is 32.2. The molecule has 1 fully saturated rings. The third-order valence-electron chi connectivity index (χ3n) is 3.32. The Labute approximate surface area is 96.6 Å². The number of hydrogen-bond acceptors (Lipinski definition) is 3. The summed E-state index contributed by atoms with van der Waals surface area (Å²) in [5.41, 5.74) is 8.68. The molecular weight excluding hydrogens is 222 g/mol. The largest absolute Gasteiger partial charge is 0.398 e. The van der Waals surface area contributed by atoms with Gasteiger partial charge >= 0.3 is 0 Å². The molecule has 1 aromatic rings. The number of nitrogen functional groups attached to an aromatic ring is 1. The first-order chi connectivity index (χ1) is 7.50. The van der Waals surface area contributed by atoms with Crippen LogP contribution in [0.3, 0.4) is 0 Å². The van der Waals surface area contributed by atoms with Crippen molar-refractivity contribution in [1.29, 1.82) is 0 Å². The minimum atomic E-state index is -2.87. The van der Waals surface area contributed by atoms with Crippen molar-refractivity contribution >= 4 is 15.5 Å². The zero-order valence-electron chi connectivity index (χ0n) is 9.44. The Bertz CT molecular complexity index is 494. The fourth-order valence-electron chi connectivity index (χ4n) is 2.25. The molecule has 16 heavy (non-hydrogen) atoms. The molecule has 88 valence electrons. The normalized spacial score (nSPS) is 23.4. The van der Waals surface area contributed by atoms with Crippen LogP contribution in [0.1, 0.15) is 24.0 Å². The van der Waals surface area contributed by atoms with E-state index in [0.717, 1.165) is 29.7 Å². The van der Waals surface area contributed by atoms with E-state index in [4.69, 9.17) is 5.73 Å². The topological polar surface area (TPSA) is 60.2 Å². The highest BCUT2D eigenvalue weighted by Crippen LogP contribution is 2.26. The van der Waals surface area contributed by atoms with E-state index < -0.39 is 9.84 Å². The fraction of sp³-hybridized carbons (Fsp3) is 0.500. The highest BCUT2D eigenvalue weighted by molar-refractivity contribution is 7.92. The van der Waals surface area contributed by atoms with Gasteiger partial charge in [-0.2, -0.15) is 0 Å². The molecule has 2 rings (SSSR count). The lowest BCUT2D eigenvalue weighted by Crippen LogP contribution is -2.19. The van der Waals surface area contributed by atoms with Crippen molar-refractivity contribution in [2.45, 2.75) is 31.4 Å². The number of para-hydroxylation sites is 1. The summed E-state index contributed by atoms with van der Waals surface area (Å²) < 4.78 is 23.4. The van der Waals surface area contributed by atoms with Crippen LogP contribution in [0.25, 0.3) is 0 Å². The van der Waals surface area contributed by atoms with Gasteiger partial charge in [-0.1, -0.05) is 18.2 Å². The lowest BCUT2D eigenvalue weighted by atomic mass is 10.0. The van der Waals surface area contributed by atoms with Gasteiger partial charge in [-0.3, -0.25) is 0 Å². The summed E-state index contributed by atoms with van der Waals surface area (Å²) >= 11 is 0. The summed E-state index contributed by atoms with van der Waals surface area (Å²) in [5, 5.41) is -0.225. The van der Waals surface area contributed by atoms with Gasteiger partial charge in [0.2, 0.25) is 0 Å². The fourth-order valence-corrected chi connectivity index (χ4v) is 4.11. The molecule has 0 spiro atoms. The Morgan fingerprint density at radius 1 is 1.44 bits per heavy atom. The van der Waals surface area contributed by atoms with Gasteiger partial charge in [0.1, 0.15) is 0 Å². The number of aryl methyl sites for hydroxylation is 1. The molecule has 1 aromatic carbocycles. The number of sulfone groups is 1. The van der Waals surface area contributed by atoms with E-state index in [0.29, 0.717) is 12.2 Å². The van der Waals surface area contributed by atoms with Crippen molar-refractivity contribution in [3.8, 4) is 0 Å². The number of rotatable bonds is 2. The second-order valence-electron chi connectivity index (χ2n) is 4.48. The Morgan fingerprint density at radius 3 is 2.81 bits per heavy atom. The predicted molar refractivity (Wildman–Crippen MR) is 66.1 cm³/mol. The molecule has 3 nitrogen and oxygen atoms in total. The first kappa shape index (κ1) is 11.5. The summed E-state index contributed by atoms with van der Waals surface area (Å²) in [6, 6.07) is 5.81. The minimum absolute atomic E-state index is 0.225. The van der Waals surface area contributed by atoms with Crippen molar-refractivity contribution in [3.05, 3.63) is 29.3 Å². The first-order valence-electron chi connectivity index (χ1n) is 5.56. The maximum absolute atomic E-state index is 11.7. The molecule has 1 atom stereocenters. The first-order valence-corrected chi connectivity index (χ1v) is 7.28. The van der Waals surface area contributed by atoms with Crippen LogP contribution in [0.2, 0.25) is 0 Å². The smallest absolute Gasteiger partial charge is 0.153 e. The lowest BCUT2D eigenvalue weighted by Gasteiger charge is -2.12. The standard InChI is InChI=1S/C12H17NO2S/c1-9-4-2-5-10(12(9)13)8-11-6-3-7-16(11,14)15/h2,4-5,11H,3,6-8,13H2,1H3. The quantitative estimate of drug-likeness (QED) is 0.799. The van der Waals surface area contributed by atoms with Crippen LogP contribution < -0.4 is 5.73 Å². The molecule has 1 heterocycles. The molecule has 4 heteroatoms. The van der Waals surface area contributed by atoms with E-state index in [1.165, 1.54) is 0 Å². The second-order valence-corrected chi connectivity index (χ2v) is 6.88. The summed E-state index contributed by atoms with van der Waals surface area (Å²) in [5.74, 6) is 0.337. The summed E-state index contributed by atoms with van der Waals surface area (Å²) in [7, 11) is -2.87. The van der Waals surface area contributed by atoms with Gasteiger partial charge in [0.25, 0.3) is 0 Å². The van der Waals surface area contributed by atoms with Gasteiger partial charge in [-0.15, -0.1) is 0 Å². The lowest BCUT2D eigenvalue weighted by molar-refractivity contribution is 0.588. The van der Waals surface area contributed by atoms with E-state index in [1.807, 2.05) is 25.1 Å². The predicted octanol–water partition coefficient (Wildman–Crippen LogP) is 1.70. The van der Waals surface area contributed by atoms with E-state index in [2.05, 4.69) is 0 Å². The number of hydrogen-bond donors (Lipinski definition) is 1. The van der Waals surface area contributed by atoms with Crippen LogP contribution in [0, 0.1) is 6.92 Å². The van der Waals surface area contributed by atoms with Crippen LogP contribution in [0.15, 0.2) is 18.2 Å². The van der Waals surface area contributed by atoms with Crippen LogP contribution in [0.4, 0.5) is 5.69 Å². The monoisotopic (exact) mass is 239 g/mol. The van der Waals surface area contributed by atoms with Gasteiger partial charge < -0.3 is 5.73 Å². The molecule has 0 amide bonds. The van der Waals surface area contributed by atoms with Gasteiger partial charge in [-0.05, 0) is 37.3 Å². The zero-order chi connectivity index (χ0) is 11.8. The van der Waals surface area contributed by atoms with E-state index in [-0.39, 0.29) is 5.25 Å². The van der Waals surface area contributed by atoms with E-state index in [1.54, 1.807) is 0 Å². The molecule has 0 saturated carbocycles. The number of benzene rings is 1. The average molecular weight is 239 g/mol. The second kappa shape index (κ2) is 4.09. The highest BCUT2D eigenvalue weighted by Gasteiger charge is 2.31. The van der Waals surface area contributed by atoms with E-state index in [9.17, 15) is 8.42 Å². The van der Waals surface area contributed by atoms with Crippen molar-refractivity contribution < 1.29 is 8.42 Å². The minimum Gasteiger partial charge on any atom is -0.398 e. The Hall–Kier alpha value is -1.03.